The van der Waals surface area contributed by atoms with Gasteiger partial charge in [-0.2, -0.15) is 5.26 Å². The van der Waals surface area contributed by atoms with Crippen molar-refractivity contribution in [2.45, 2.75) is 20.3 Å². The summed E-state index contributed by atoms with van der Waals surface area (Å²) in [5, 5.41) is 8.94. The lowest BCUT2D eigenvalue weighted by molar-refractivity contribution is 0.600. The second kappa shape index (κ2) is 4.99. The monoisotopic (exact) mass is 238 g/mol. The van der Waals surface area contributed by atoms with E-state index in [4.69, 9.17) is 5.26 Å². The van der Waals surface area contributed by atoms with Crippen LogP contribution in [0.2, 0.25) is 0 Å². The highest BCUT2D eigenvalue weighted by atomic mass is 32.2. The van der Waals surface area contributed by atoms with Gasteiger partial charge >= 0.3 is 0 Å². The number of nitrogens with zero attached hydrogens (tertiary/aromatic N) is 1. The molecule has 0 amide bonds. The summed E-state index contributed by atoms with van der Waals surface area (Å²) in [5.41, 5.74) is 1.50. The van der Waals surface area contributed by atoms with Gasteiger partial charge in [0.2, 0.25) is 10.0 Å². The minimum absolute atomic E-state index is 0.0613. The van der Waals surface area contributed by atoms with Crippen LogP contribution in [-0.4, -0.2) is 14.2 Å². The first-order valence-electron chi connectivity index (χ1n) is 5.00. The number of anilines is 1. The fourth-order valence-corrected chi connectivity index (χ4v) is 2.53. The average Bonchev–Trinajstić information content (AvgIpc) is 2.17. The van der Waals surface area contributed by atoms with Crippen LogP contribution in [0.4, 0.5) is 5.69 Å². The van der Waals surface area contributed by atoms with Gasteiger partial charge in [0.15, 0.2) is 0 Å². The Bertz CT molecular complexity index is 515. The van der Waals surface area contributed by atoms with E-state index in [1.165, 1.54) is 0 Å². The fourth-order valence-electron chi connectivity index (χ4n) is 1.39. The van der Waals surface area contributed by atoms with E-state index in [1.54, 1.807) is 32.0 Å². The van der Waals surface area contributed by atoms with Crippen molar-refractivity contribution in [1.82, 2.24) is 0 Å². The van der Waals surface area contributed by atoms with E-state index in [2.05, 4.69) is 4.72 Å². The van der Waals surface area contributed by atoms with Crippen LogP contribution < -0.4 is 4.72 Å². The summed E-state index contributed by atoms with van der Waals surface area (Å²) in [7, 11) is -3.34. The molecular formula is C11H14N2O2S. The molecule has 1 aromatic carbocycles. The van der Waals surface area contributed by atoms with Crippen molar-refractivity contribution in [2.75, 3.05) is 10.5 Å². The minimum atomic E-state index is -3.34. The molecule has 0 saturated heterocycles. The molecule has 4 nitrogen and oxygen atoms in total. The summed E-state index contributed by atoms with van der Waals surface area (Å²) in [6.45, 7) is 3.57. The molecule has 1 rings (SSSR count). The molecule has 0 radical (unpaired) electrons. The number of rotatable bonds is 4. The molecule has 0 unspecified atom stereocenters. The number of hydrogen-bond acceptors (Lipinski definition) is 3. The standard InChI is InChI=1S/C11H14N2O2S/c1-3-7-16(14,15)13-11-6-4-5-9(2)10(11)8-12/h4-6,13H,3,7H2,1-2H3. The van der Waals surface area contributed by atoms with Crippen LogP contribution in [0.15, 0.2) is 18.2 Å². The van der Waals surface area contributed by atoms with E-state index < -0.39 is 10.0 Å². The number of hydrogen-bond donors (Lipinski definition) is 1. The van der Waals surface area contributed by atoms with Crippen molar-refractivity contribution in [2.24, 2.45) is 0 Å². The zero-order chi connectivity index (χ0) is 12.2. The van der Waals surface area contributed by atoms with Crippen molar-refractivity contribution in [3.8, 4) is 6.07 Å². The molecule has 0 aliphatic carbocycles. The zero-order valence-corrected chi connectivity index (χ0v) is 10.1. The summed E-state index contributed by atoms with van der Waals surface area (Å²) < 4.78 is 25.5. The maximum atomic E-state index is 11.6. The van der Waals surface area contributed by atoms with Crippen LogP contribution in [0.3, 0.4) is 0 Å². The molecule has 86 valence electrons. The first-order valence-corrected chi connectivity index (χ1v) is 6.65. The van der Waals surface area contributed by atoms with Gasteiger partial charge < -0.3 is 0 Å². The first kappa shape index (κ1) is 12.5. The van der Waals surface area contributed by atoms with E-state index >= 15 is 0 Å². The molecule has 0 aliphatic heterocycles. The number of benzene rings is 1. The Labute approximate surface area is 96.0 Å². The zero-order valence-electron chi connectivity index (χ0n) is 9.32. The molecule has 0 aromatic heterocycles. The van der Waals surface area contributed by atoms with Gasteiger partial charge in [-0.15, -0.1) is 0 Å². The second-order valence-corrected chi connectivity index (χ2v) is 5.37. The van der Waals surface area contributed by atoms with Gasteiger partial charge in [0.1, 0.15) is 6.07 Å². The Hall–Kier alpha value is -1.54. The lowest BCUT2D eigenvalue weighted by Crippen LogP contribution is -2.17. The van der Waals surface area contributed by atoms with Crippen LogP contribution in [0.5, 0.6) is 0 Å². The average molecular weight is 238 g/mol. The normalized spacial score (nSPS) is 10.8. The molecule has 0 fully saturated rings. The van der Waals surface area contributed by atoms with Gasteiger partial charge in [-0.3, -0.25) is 4.72 Å². The molecule has 0 spiro atoms. The summed E-state index contributed by atoms with van der Waals surface area (Å²) in [6.07, 6.45) is 0.545. The number of aryl methyl sites for hydroxylation is 1. The molecule has 1 aromatic rings. The number of nitrogens with one attached hydrogen (secondary N) is 1. The molecule has 0 heterocycles. The van der Waals surface area contributed by atoms with E-state index in [0.29, 0.717) is 17.7 Å². The number of sulfonamides is 1. The van der Waals surface area contributed by atoms with Crippen molar-refractivity contribution in [1.29, 1.82) is 5.26 Å². The molecular weight excluding hydrogens is 224 g/mol. The number of nitriles is 1. The molecule has 0 saturated carbocycles. The van der Waals surface area contributed by atoms with E-state index in [9.17, 15) is 8.42 Å². The van der Waals surface area contributed by atoms with Crippen molar-refractivity contribution in [3.63, 3.8) is 0 Å². The van der Waals surface area contributed by atoms with E-state index in [-0.39, 0.29) is 5.75 Å². The Kier molecular flexibility index (Phi) is 3.91. The van der Waals surface area contributed by atoms with Crippen LogP contribution in [0.25, 0.3) is 0 Å². The van der Waals surface area contributed by atoms with E-state index in [1.807, 2.05) is 6.07 Å². The molecule has 0 bridgehead atoms. The summed E-state index contributed by atoms with van der Waals surface area (Å²) >= 11 is 0. The Morgan fingerprint density at radius 1 is 1.44 bits per heavy atom. The Morgan fingerprint density at radius 3 is 2.69 bits per heavy atom. The first-order chi connectivity index (χ1) is 7.50. The highest BCUT2D eigenvalue weighted by Crippen LogP contribution is 2.19. The molecule has 0 aliphatic rings. The summed E-state index contributed by atoms with van der Waals surface area (Å²) in [5.74, 6) is 0.0613. The van der Waals surface area contributed by atoms with Crippen LogP contribution in [-0.2, 0) is 10.0 Å². The van der Waals surface area contributed by atoms with Gasteiger partial charge in [0, 0.05) is 0 Å². The molecule has 0 atom stereocenters. The molecule has 1 N–H and O–H groups in total. The summed E-state index contributed by atoms with van der Waals surface area (Å²) in [4.78, 5) is 0. The smallest absolute Gasteiger partial charge is 0.232 e. The van der Waals surface area contributed by atoms with Crippen LogP contribution in [0, 0.1) is 18.3 Å². The molecule has 5 heteroatoms. The van der Waals surface area contributed by atoms with Crippen molar-refractivity contribution in [3.05, 3.63) is 29.3 Å². The Balaban J connectivity index is 3.08. The fraction of sp³-hybridized carbons (Fsp3) is 0.364. The predicted octanol–water partition coefficient (Wildman–Crippen LogP) is 2.02. The third-order valence-corrected chi connectivity index (χ3v) is 3.60. The van der Waals surface area contributed by atoms with Gasteiger partial charge in [-0.05, 0) is 25.0 Å². The topological polar surface area (TPSA) is 70.0 Å². The van der Waals surface area contributed by atoms with Gasteiger partial charge in [0.05, 0.1) is 17.0 Å². The largest absolute Gasteiger partial charge is 0.282 e. The Morgan fingerprint density at radius 2 is 2.12 bits per heavy atom. The quantitative estimate of drug-likeness (QED) is 0.872. The van der Waals surface area contributed by atoms with Gasteiger partial charge in [0.25, 0.3) is 0 Å². The lowest BCUT2D eigenvalue weighted by atomic mass is 10.1. The van der Waals surface area contributed by atoms with Crippen molar-refractivity contribution >= 4 is 15.7 Å². The highest BCUT2D eigenvalue weighted by molar-refractivity contribution is 7.92. The van der Waals surface area contributed by atoms with Gasteiger partial charge in [-0.1, -0.05) is 19.1 Å². The second-order valence-electron chi connectivity index (χ2n) is 3.53. The lowest BCUT2D eigenvalue weighted by Gasteiger charge is -2.09. The predicted molar refractivity (Wildman–Crippen MR) is 63.6 cm³/mol. The van der Waals surface area contributed by atoms with E-state index in [0.717, 1.165) is 5.56 Å². The summed E-state index contributed by atoms with van der Waals surface area (Å²) in [6, 6.07) is 7.09. The van der Waals surface area contributed by atoms with Crippen molar-refractivity contribution < 1.29 is 8.42 Å². The maximum absolute atomic E-state index is 11.6. The SMILES string of the molecule is CCCS(=O)(=O)Nc1cccc(C)c1C#N. The van der Waals surface area contributed by atoms with Crippen LogP contribution >= 0.6 is 0 Å². The van der Waals surface area contributed by atoms with Gasteiger partial charge in [-0.25, -0.2) is 8.42 Å². The maximum Gasteiger partial charge on any atom is 0.232 e. The third kappa shape index (κ3) is 2.97. The highest BCUT2D eigenvalue weighted by Gasteiger charge is 2.12. The molecule has 16 heavy (non-hydrogen) atoms. The minimum Gasteiger partial charge on any atom is -0.282 e. The van der Waals surface area contributed by atoms with Crippen LogP contribution in [0.1, 0.15) is 24.5 Å². The third-order valence-electron chi connectivity index (χ3n) is 2.12.